The van der Waals surface area contributed by atoms with Crippen LogP contribution in [-0.4, -0.2) is 76.9 Å². The number of aromatic nitrogens is 1. The summed E-state index contributed by atoms with van der Waals surface area (Å²) in [7, 11) is 0. The van der Waals surface area contributed by atoms with Gasteiger partial charge in [0.1, 0.15) is 12.0 Å². The summed E-state index contributed by atoms with van der Waals surface area (Å²) in [5, 5.41) is 3.37. The molecular weight excluding hydrogens is 560 g/mol. The number of carbonyl (C=O) groups is 4. The normalized spacial score (nSPS) is 26.9. The van der Waals surface area contributed by atoms with Crippen LogP contribution in [0.5, 0.6) is 0 Å². The number of carbonyl (C=O) groups excluding carboxylic acids is 4. The van der Waals surface area contributed by atoms with Gasteiger partial charge in [-0.3, -0.25) is 40.4 Å². The van der Waals surface area contributed by atoms with Crippen LogP contribution in [0.3, 0.4) is 0 Å². The fraction of sp³-hybridized carbons (Fsp3) is 0.394. The van der Waals surface area contributed by atoms with Gasteiger partial charge in [0.25, 0.3) is 11.8 Å². The predicted molar refractivity (Wildman–Crippen MR) is 162 cm³/mol. The maximum absolute atomic E-state index is 14.2. The van der Waals surface area contributed by atoms with E-state index in [1.165, 1.54) is 5.56 Å². The summed E-state index contributed by atoms with van der Waals surface area (Å²) in [4.78, 5) is 60.1. The molecule has 3 aromatic rings. The highest BCUT2D eigenvalue weighted by molar-refractivity contribution is 5.96. The van der Waals surface area contributed by atoms with Crippen LogP contribution in [-0.2, 0) is 37.6 Å². The number of amides is 4. The van der Waals surface area contributed by atoms with Crippen molar-refractivity contribution in [3.8, 4) is 0 Å². The number of fused-ring (bicyclic) bond motifs is 3. The maximum atomic E-state index is 14.2. The molecule has 2 saturated heterocycles. The van der Waals surface area contributed by atoms with Gasteiger partial charge in [0.2, 0.25) is 5.91 Å². The lowest BCUT2D eigenvalue weighted by Crippen LogP contribution is -2.66. The minimum absolute atomic E-state index is 0.0467. The third-order valence-electron chi connectivity index (χ3n) is 9.60. The summed E-state index contributed by atoms with van der Waals surface area (Å²) in [5.41, 5.74) is 8.53. The molecule has 5 heterocycles. The zero-order chi connectivity index (χ0) is 30.3. The zero-order valence-electron chi connectivity index (χ0n) is 24.4. The first-order chi connectivity index (χ1) is 21.4. The molecule has 2 aromatic carbocycles. The molecule has 11 heteroatoms. The monoisotopic (exact) mass is 596 g/mol. The first-order valence-corrected chi connectivity index (χ1v) is 15.3. The Morgan fingerprint density at radius 3 is 2.64 bits per heavy atom. The fourth-order valence-corrected chi connectivity index (χ4v) is 7.64. The van der Waals surface area contributed by atoms with Crippen LogP contribution in [0.15, 0.2) is 66.7 Å². The van der Waals surface area contributed by atoms with Gasteiger partial charge in [0, 0.05) is 35.7 Å². The number of nitrogens with one attached hydrogen (secondary N) is 4. The summed E-state index contributed by atoms with van der Waals surface area (Å²) < 4.78 is 5.14. The number of rotatable bonds is 6. The number of hydrazine groups is 1. The molecular formula is C33H36N6O5. The Bertz CT molecular complexity index is 1640. The summed E-state index contributed by atoms with van der Waals surface area (Å²) in [6, 6.07) is 16.6. The van der Waals surface area contributed by atoms with Crippen molar-refractivity contribution in [2.75, 3.05) is 26.2 Å². The second-order valence-electron chi connectivity index (χ2n) is 12.2. The van der Waals surface area contributed by atoms with E-state index >= 15 is 0 Å². The summed E-state index contributed by atoms with van der Waals surface area (Å²) in [5.74, 6) is -0.943. The molecule has 44 heavy (non-hydrogen) atoms. The number of H-pyrrole nitrogens is 1. The molecule has 0 spiro atoms. The second-order valence-corrected chi connectivity index (χ2v) is 12.2. The first-order valence-electron chi connectivity index (χ1n) is 15.3. The largest absolute Gasteiger partial charge is 0.444 e. The minimum Gasteiger partial charge on any atom is -0.444 e. The van der Waals surface area contributed by atoms with Gasteiger partial charge < -0.3 is 9.72 Å². The van der Waals surface area contributed by atoms with Crippen molar-refractivity contribution in [1.29, 1.82) is 0 Å². The topological polar surface area (TPSA) is 136 Å². The Balaban J connectivity index is 1.01. The highest BCUT2D eigenvalue weighted by Gasteiger charge is 2.57. The maximum Gasteiger partial charge on any atom is 0.414 e. The number of hydrogen-bond acceptors (Lipinski definition) is 7. The lowest BCUT2D eigenvalue weighted by Gasteiger charge is -2.51. The number of ether oxygens (including phenoxy) is 1. The van der Waals surface area contributed by atoms with E-state index in [0.717, 1.165) is 41.7 Å². The first kappa shape index (κ1) is 28.3. The molecule has 5 atom stereocenters. The van der Waals surface area contributed by atoms with E-state index in [1.54, 1.807) is 4.90 Å². The third-order valence-corrected chi connectivity index (χ3v) is 9.60. The number of nitrogens with zero attached hydrogens (tertiary/aromatic N) is 2. The molecule has 1 aromatic heterocycles. The molecule has 4 unspecified atom stereocenters. The average molecular weight is 597 g/mol. The van der Waals surface area contributed by atoms with Crippen molar-refractivity contribution in [3.05, 3.63) is 83.6 Å². The quantitative estimate of drug-likeness (QED) is 0.253. The van der Waals surface area contributed by atoms with E-state index in [0.29, 0.717) is 25.8 Å². The van der Waals surface area contributed by atoms with E-state index in [1.807, 2.05) is 48.5 Å². The number of likely N-dealkylation sites (tertiary alicyclic amines) is 1. The molecule has 0 radical (unpaired) electrons. The van der Waals surface area contributed by atoms with Crippen LogP contribution in [0.2, 0.25) is 0 Å². The molecule has 4 N–H and O–H groups in total. The molecule has 4 amide bonds. The van der Waals surface area contributed by atoms with Crippen LogP contribution in [0.25, 0.3) is 10.9 Å². The number of hydrogen-bond donors (Lipinski definition) is 4. The summed E-state index contributed by atoms with van der Waals surface area (Å²) in [6.45, 7) is 2.21. The van der Waals surface area contributed by atoms with Crippen molar-refractivity contribution in [3.63, 3.8) is 0 Å². The lowest BCUT2D eigenvalue weighted by molar-refractivity contribution is -0.138. The van der Waals surface area contributed by atoms with Crippen molar-refractivity contribution >= 4 is 34.7 Å². The smallest absolute Gasteiger partial charge is 0.414 e. The van der Waals surface area contributed by atoms with Crippen LogP contribution in [0.4, 0.5) is 4.79 Å². The van der Waals surface area contributed by atoms with Crippen molar-refractivity contribution < 1.29 is 23.9 Å². The SMILES string of the molecule is O=C(CN1CCC[C@H]1C(=O)NNC(=O)C12CC3C=CC1N(CCc1c2[nH]c2ccccc12)C3)NC(=O)OCc1ccccc1. The van der Waals surface area contributed by atoms with E-state index in [9.17, 15) is 19.2 Å². The Morgan fingerprint density at radius 2 is 1.80 bits per heavy atom. The zero-order valence-corrected chi connectivity index (χ0v) is 24.4. The number of imide groups is 1. The van der Waals surface area contributed by atoms with Crippen molar-refractivity contribution in [2.45, 2.75) is 49.8 Å². The summed E-state index contributed by atoms with van der Waals surface area (Å²) in [6.07, 6.45) is 6.28. The van der Waals surface area contributed by atoms with Gasteiger partial charge in [-0.05, 0) is 55.3 Å². The number of aromatic amines is 1. The van der Waals surface area contributed by atoms with Crippen molar-refractivity contribution in [2.24, 2.45) is 5.92 Å². The highest BCUT2D eigenvalue weighted by atomic mass is 16.5. The van der Waals surface area contributed by atoms with E-state index in [4.69, 9.17) is 4.74 Å². The van der Waals surface area contributed by atoms with Crippen LogP contribution in [0, 0.1) is 5.92 Å². The second kappa shape index (κ2) is 11.5. The average Bonchev–Trinajstić information content (AvgIpc) is 3.64. The number of piperidine rings is 1. The lowest BCUT2D eigenvalue weighted by atomic mass is 9.63. The molecule has 8 rings (SSSR count). The van der Waals surface area contributed by atoms with Gasteiger partial charge in [0.05, 0.1) is 12.6 Å². The van der Waals surface area contributed by atoms with Gasteiger partial charge in [0.15, 0.2) is 0 Å². The Kier molecular flexibility index (Phi) is 7.43. The Labute approximate surface area is 254 Å². The van der Waals surface area contributed by atoms with Gasteiger partial charge >= 0.3 is 6.09 Å². The Morgan fingerprint density at radius 1 is 0.977 bits per heavy atom. The number of alkyl carbamates (subject to hydrolysis) is 1. The van der Waals surface area contributed by atoms with E-state index in [-0.39, 0.29) is 36.9 Å². The number of benzene rings is 2. The molecule has 4 bridgehead atoms. The van der Waals surface area contributed by atoms with Crippen LogP contribution in [0.1, 0.15) is 36.1 Å². The van der Waals surface area contributed by atoms with Crippen LogP contribution >= 0.6 is 0 Å². The third kappa shape index (κ3) is 5.05. The molecule has 1 aliphatic carbocycles. The highest BCUT2D eigenvalue weighted by Crippen LogP contribution is 2.49. The number of para-hydroxylation sites is 1. The molecule has 0 saturated carbocycles. The molecule has 5 aliphatic rings. The minimum atomic E-state index is -0.870. The predicted octanol–water partition coefficient (Wildman–Crippen LogP) is 2.29. The van der Waals surface area contributed by atoms with Crippen molar-refractivity contribution in [1.82, 2.24) is 31.0 Å². The molecule has 4 aliphatic heterocycles. The molecule has 2 fully saturated rings. The van der Waals surface area contributed by atoms with E-state index < -0.39 is 23.5 Å². The molecule has 228 valence electrons. The van der Waals surface area contributed by atoms with Gasteiger partial charge in [-0.15, -0.1) is 0 Å². The standard InChI is InChI=1S/C33H36N6O5/c40-28(35-32(43)44-20-21-7-2-1-3-8-21)19-38-15-6-11-26(38)30(41)36-37-31(42)33-17-22-12-13-27(33)39(18-22)16-14-24-23-9-4-5-10-25(23)34-29(24)33/h1-5,7-10,12-13,22,26-27,34H,6,11,14-20H2,(H,36,41)(H,37,42)(H,35,40,43)/t22?,26-,27?,33?/m0/s1. The van der Waals surface area contributed by atoms with Gasteiger partial charge in [-0.25, -0.2) is 4.79 Å². The molecule has 11 nitrogen and oxygen atoms in total. The van der Waals surface area contributed by atoms with E-state index in [2.05, 4.69) is 44.3 Å². The Hall–Kier alpha value is -4.48. The summed E-state index contributed by atoms with van der Waals surface area (Å²) >= 11 is 0. The van der Waals surface area contributed by atoms with Crippen LogP contribution < -0.4 is 16.2 Å². The van der Waals surface area contributed by atoms with Gasteiger partial charge in [-0.1, -0.05) is 60.7 Å². The van der Waals surface area contributed by atoms with Gasteiger partial charge in [-0.2, -0.15) is 0 Å². The fourth-order valence-electron chi connectivity index (χ4n) is 7.64.